The maximum absolute atomic E-state index is 13.2. The molecule has 1 saturated carbocycles. The van der Waals surface area contributed by atoms with Crippen LogP contribution in [0.4, 0.5) is 4.39 Å². The van der Waals surface area contributed by atoms with Gasteiger partial charge in [0.2, 0.25) is 0 Å². The van der Waals surface area contributed by atoms with Crippen molar-refractivity contribution in [2.75, 3.05) is 6.54 Å². The summed E-state index contributed by atoms with van der Waals surface area (Å²) in [5, 5.41) is 3.92. The Kier molecular flexibility index (Phi) is 5.86. The van der Waals surface area contributed by atoms with Crippen molar-refractivity contribution in [1.82, 2.24) is 5.32 Å². The molecule has 0 spiro atoms. The Balaban J connectivity index is 2.04. The summed E-state index contributed by atoms with van der Waals surface area (Å²) in [5.74, 6) is 1.09. The molecule has 1 aliphatic rings. The molecule has 3 unspecified atom stereocenters. The minimum absolute atomic E-state index is 0.240. The van der Waals surface area contributed by atoms with Crippen LogP contribution in [0.2, 0.25) is 5.02 Å². The van der Waals surface area contributed by atoms with E-state index in [1.165, 1.54) is 31.7 Å². The van der Waals surface area contributed by atoms with E-state index in [1.807, 2.05) is 6.07 Å². The van der Waals surface area contributed by atoms with Crippen molar-refractivity contribution in [2.45, 2.75) is 52.0 Å². The van der Waals surface area contributed by atoms with E-state index < -0.39 is 0 Å². The molecule has 1 aromatic carbocycles. The SMILES string of the molecule is CCCNC1CCC(C)CC1Cc1ccc(F)c(Cl)c1. The van der Waals surface area contributed by atoms with E-state index in [0.717, 1.165) is 24.4 Å². The predicted octanol–water partition coefficient (Wildman–Crippen LogP) is 4.83. The zero-order valence-corrected chi connectivity index (χ0v) is 13.2. The van der Waals surface area contributed by atoms with Crippen LogP contribution in [-0.2, 0) is 6.42 Å². The van der Waals surface area contributed by atoms with E-state index in [1.54, 1.807) is 6.07 Å². The molecule has 1 nitrogen and oxygen atoms in total. The standard InChI is InChI=1S/C17H25ClFN/c1-3-8-20-17-7-4-12(2)9-14(17)10-13-5-6-16(19)15(18)11-13/h5-6,11-12,14,17,20H,3-4,7-10H2,1-2H3. The molecule has 0 saturated heterocycles. The highest BCUT2D eigenvalue weighted by atomic mass is 35.5. The highest BCUT2D eigenvalue weighted by Crippen LogP contribution is 2.32. The molecule has 20 heavy (non-hydrogen) atoms. The van der Waals surface area contributed by atoms with Gasteiger partial charge in [-0.3, -0.25) is 0 Å². The van der Waals surface area contributed by atoms with Gasteiger partial charge in [-0.15, -0.1) is 0 Å². The van der Waals surface area contributed by atoms with Gasteiger partial charge in [-0.25, -0.2) is 4.39 Å². The molecule has 1 N–H and O–H groups in total. The average molecular weight is 298 g/mol. The summed E-state index contributed by atoms with van der Waals surface area (Å²) in [5.41, 5.74) is 1.15. The second kappa shape index (κ2) is 7.42. The monoisotopic (exact) mass is 297 g/mol. The van der Waals surface area contributed by atoms with Crippen molar-refractivity contribution >= 4 is 11.6 Å². The first-order chi connectivity index (χ1) is 9.60. The van der Waals surface area contributed by atoms with E-state index in [9.17, 15) is 4.39 Å². The van der Waals surface area contributed by atoms with Gasteiger partial charge < -0.3 is 5.32 Å². The van der Waals surface area contributed by atoms with Gasteiger partial charge in [-0.05, 0) is 68.2 Å². The first-order valence-electron chi connectivity index (χ1n) is 7.77. The van der Waals surface area contributed by atoms with Gasteiger partial charge in [0.15, 0.2) is 0 Å². The van der Waals surface area contributed by atoms with E-state index in [4.69, 9.17) is 11.6 Å². The summed E-state index contributed by atoms with van der Waals surface area (Å²) in [4.78, 5) is 0. The Morgan fingerprint density at radius 3 is 2.85 bits per heavy atom. The zero-order valence-electron chi connectivity index (χ0n) is 12.5. The fourth-order valence-corrected chi connectivity index (χ4v) is 3.50. The molecule has 1 fully saturated rings. The van der Waals surface area contributed by atoms with Crippen LogP contribution in [0.5, 0.6) is 0 Å². The lowest BCUT2D eigenvalue weighted by Gasteiger charge is -2.36. The van der Waals surface area contributed by atoms with Gasteiger partial charge in [0.1, 0.15) is 5.82 Å². The van der Waals surface area contributed by atoms with Crippen LogP contribution in [0.3, 0.4) is 0 Å². The third-order valence-electron chi connectivity index (χ3n) is 4.38. The number of rotatable bonds is 5. The minimum atomic E-state index is -0.326. The van der Waals surface area contributed by atoms with Gasteiger partial charge in [-0.2, -0.15) is 0 Å². The summed E-state index contributed by atoms with van der Waals surface area (Å²) in [6, 6.07) is 5.73. The predicted molar refractivity (Wildman–Crippen MR) is 83.7 cm³/mol. The van der Waals surface area contributed by atoms with Gasteiger partial charge in [0.05, 0.1) is 5.02 Å². The van der Waals surface area contributed by atoms with Gasteiger partial charge >= 0.3 is 0 Å². The van der Waals surface area contributed by atoms with Crippen molar-refractivity contribution in [3.63, 3.8) is 0 Å². The molecule has 0 bridgehead atoms. The fourth-order valence-electron chi connectivity index (χ4n) is 3.29. The lowest BCUT2D eigenvalue weighted by Crippen LogP contribution is -2.41. The van der Waals surface area contributed by atoms with Crippen LogP contribution in [0.25, 0.3) is 0 Å². The number of hydrogen-bond acceptors (Lipinski definition) is 1. The van der Waals surface area contributed by atoms with Gasteiger partial charge in [0, 0.05) is 6.04 Å². The molecule has 0 aromatic heterocycles. The Labute approximate surface area is 126 Å². The number of halogens is 2. The second-order valence-electron chi connectivity index (χ2n) is 6.19. The largest absolute Gasteiger partial charge is 0.314 e. The molecule has 3 heteroatoms. The number of hydrogen-bond donors (Lipinski definition) is 1. The molecule has 0 aliphatic heterocycles. The van der Waals surface area contributed by atoms with Crippen LogP contribution >= 0.6 is 11.6 Å². The third-order valence-corrected chi connectivity index (χ3v) is 4.67. The molecular weight excluding hydrogens is 273 g/mol. The summed E-state index contributed by atoms with van der Waals surface area (Å²) < 4.78 is 13.2. The van der Waals surface area contributed by atoms with Gasteiger partial charge in [0.25, 0.3) is 0 Å². The Morgan fingerprint density at radius 2 is 2.15 bits per heavy atom. The van der Waals surface area contributed by atoms with Crippen molar-refractivity contribution in [3.8, 4) is 0 Å². The van der Waals surface area contributed by atoms with Crippen LogP contribution in [0.15, 0.2) is 18.2 Å². The third kappa shape index (κ3) is 4.20. The van der Waals surface area contributed by atoms with Crippen LogP contribution in [0.1, 0.15) is 45.1 Å². The molecule has 0 heterocycles. The van der Waals surface area contributed by atoms with Crippen molar-refractivity contribution < 1.29 is 4.39 Å². The Morgan fingerprint density at radius 1 is 1.35 bits per heavy atom. The molecule has 112 valence electrons. The summed E-state index contributed by atoms with van der Waals surface area (Å²) in [6.07, 6.45) is 5.96. The maximum atomic E-state index is 13.2. The first kappa shape index (κ1) is 15.8. The topological polar surface area (TPSA) is 12.0 Å². The molecule has 3 atom stereocenters. The number of benzene rings is 1. The molecule has 2 rings (SSSR count). The minimum Gasteiger partial charge on any atom is -0.314 e. The average Bonchev–Trinajstić information content (AvgIpc) is 2.42. The lowest BCUT2D eigenvalue weighted by atomic mass is 9.76. The van der Waals surface area contributed by atoms with Gasteiger partial charge in [-0.1, -0.05) is 31.5 Å². The zero-order chi connectivity index (χ0) is 14.5. The highest BCUT2D eigenvalue weighted by Gasteiger charge is 2.28. The fraction of sp³-hybridized carbons (Fsp3) is 0.647. The molecule has 1 aromatic rings. The van der Waals surface area contributed by atoms with Crippen LogP contribution < -0.4 is 5.32 Å². The molecule has 1 aliphatic carbocycles. The molecular formula is C17H25ClFN. The Bertz CT molecular complexity index is 433. The first-order valence-corrected chi connectivity index (χ1v) is 8.15. The normalized spacial score (nSPS) is 26.7. The Hall–Kier alpha value is -0.600. The van der Waals surface area contributed by atoms with E-state index in [-0.39, 0.29) is 10.8 Å². The van der Waals surface area contributed by atoms with Crippen molar-refractivity contribution in [3.05, 3.63) is 34.6 Å². The van der Waals surface area contributed by atoms with E-state index in [0.29, 0.717) is 12.0 Å². The second-order valence-corrected chi connectivity index (χ2v) is 6.60. The summed E-state index contributed by atoms with van der Waals surface area (Å²) in [7, 11) is 0. The van der Waals surface area contributed by atoms with Crippen LogP contribution in [-0.4, -0.2) is 12.6 Å². The smallest absolute Gasteiger partial charge is 0.141 e. The number of nitrogens with one attached hydrogen (secondary N) is 1. The quantitative estimate of drug-likeness (QED) is 0.821. The van der Waals surface area contributed by atoms with Crippen molar-refractivity contribution in [1.29, 1.82) is 0 Å². The molecule has 0 radical (unpaired) electrons. The highest BCUT2D eigenvalue weighted by molar-refractivity contribution is 6.30. The van der Waals surface area contributed by atoms with E-state index in [2.05, 4.69) is 19.2 Å². The maximum Gasteiger partial charge on any atom is 0.141 e. The summed E-state index contributed by atoms with van der Waals surface area (Å²) >= 11 is 5.89. The summed E-state index contributed by atoms with van der Waals surface area (Å²) in [6.45, 7) is 5.62. The van der Waals surface area contributed by atoms with E-state index >= 15 is 0 Å². The van der Waals surface area contributed by atoms with Crippen LogP contribution in [0, 0.1) is 17.7 Å². The molecule has 0 amide bonds. The van der Waals surface area contributed by atoms with Crippen molar-refractivity contribution in [2.24, 2.45) is 11.8 Å². The lowest BCUT2D eigenvalue weighted by molar-refractivity contribution is 0.212.